The van der Waals surface area contributed by atoms with Crippen LogP contribution in [0.3, 0.4) is 0 Å². The van der Waals surface area contributed by atoms with Gasteiger partial charge in [-0.1, -0.05) is 19.3 Å². The lowest BCUT2D eigenvalue weighted by Gasteiger charge is -2.35. The maximum Gasteiger partial charge on any atom is 0.338 e. The minimum atomic E-state index is -4.36. The van der Waals surface area contributed by atoms with Gasteiger partial charge in [-0.2, -0.15) is 8.78 Å². The molecule has 130 valence electrons. The third-order valence-electron chi connectivity index (χ3n) is 4.35. The molecule has 0 amide bonds. The van der Waals surface area contributed by atoms with E-state index in [0.717, 1.165) is 19.3 Å². The van der Waals surface area contributed by atoms with Crippen molar-refractivity contribution in [3.8, 4) is 0 Å². The van der Waals surface area contributed by atoms with E-state index in [4.69, 9.17) is 9.16 Å². The summed E-state index contributed by atoms with van der Waals surface area (Å²) < 4.78 is 80.3. The summed E-state index contributed by atoms with van der Waals surface area (Å²) in [7, 11) is -2.50. The Morgan fingerprint density at radius 1 is 1.05 bits per heavy atom. The Hall–Kier alpha value is -0.213. The highest BCUT2D eigenvalue weighted by atomic mass is 28.4. The predicted molar refractivity (Wildman–Crippen MR) is 74.5 cm³/mol. The molecule has 8 heteroatoms. The van der Waals surface area contributed by atoms with Crippen LogP contribution in [0.25, 0.3) is 0 Å². The van der Waals surface area contributed by atoms with Gasteiger partial charge in [0.1, 0.15) is 6.10 Å². The summed E-state index contributed by atoms with van der Waals surface area (Å²) in [5.74, 6) is -4.97. The molecule has 3 atom stereocenters. The smallest absolute Gasteiger partial charge is 0.338 e. The number of rotatable bonds is 4. The maximum atomic E-state index is 14.8. The molecule has 0 radical (unpaired) electrons. The van der Waals surface area contributed by atoms with E-state index in [9.17, 15) is 22.0 Å². The molecular formula is C14H23F5O2Si. The second-order valence-electron chi connectivity index (χ2n) is 7.21. The van der Waals surface area contributed by atoms with Gasteiger partial charge in [0, 0.05) is 0 Å². The quantitative estimate of drug-likeness (QED) is 0.540. The van der Waals surface area contributed by atoms with Crippen molar-refractivity contribution in [2.45, 2.75) is 82.2 Å². The van der Waals surface area contributed by atoms with E-state index in [2.05, 4.69) is 0 Å². The summed E-state index contributed by atoms with van der Waals surface area (Å²) in [6.07, 6.45) is -4.66. The van der Waals surface area contributed by atoms with Gasteiger partial charge in [0.15, 0.2) is 8.32 Å². The molecule has 1 aliphatic carbocycles. The van der Waals surface area contributed by atoms with Crippen molar-refractivity contribution in [2.75, 3.05) is 0 Å². The Balaban J connectivity index is 2.31. The summed E-state index contributed by atoms with van der Waals surface area (Å²) in [6, 6.07) is 0. The minimum Gasteiger partial charge on any atom is -0.389 e. The standard InChI is InChI=1S/C14H23F5O2Si/c1-22(2,3)21-12-14(18,19)13(17,11(15)16)10(20-12)9-7-5-4-6-8-9/h9-12H,4-8H2,1-3H3. The van der Waals surface area contributed by atoms with E-state index in [1.165, 1.54) is 0 Å². The van der Waals surface area contributed by atoms with Crippen molar-refractivity contribution in [2.24, 2.45) is 5.92 Å². The fourth-order valence-corrected chi connectivity index (χ4v) is 4.12. The van der Waals surface area contributed by atoms with Crippen molar-refractivity contribution in [1.29, 1.82) is 0 Å². The van der Waals surface area contributed by atoms with Crippen LogP contribution >= 0.6 is 0 Å². The SMILES string of the molecule is C[Si](C)(C)OC1OC(C2CCCCC2)C(F)(C(F)F)C1(F)F. The number of halogens is 5. The van der Waals surface area contributed by atoms with E-state index in [0.29, 0.717) is 12.8 Å². The molecule has 2 fully saturated rings. The molecule has 3 unspecified atom stereocenters. The predicted octanol–water partition coefficient (Wildman–Crippen LogP) is 4.75. The molecule has 2 nitrogen and oxygen atoms in total. The Labute approximate surface area is 128 Å². The first-order valence-electron chi connectivity index (χ1n) is 7.68. The van der Waals surface area contributed by atoms with Crippen LogP contribution in [0.1, 0.15) is 32.1 Å². The molecule has 0 aromatic carbocycles. The lowest BCUT2D eigenvalue weighted by atomic mass is 9.78. The first-order chi connectivity index (χ1) is 10.00. The van der Waals surface area contributed by atoms with Gasteiger partial charge in [-0.15, -0.1) is 0 Å². The van der Waals surface area contributed by atoms with Crippen molar-refractivity contribution in [3.63, 3.8) is 0 Å². The molecule has 1 aliphatic heterocycles. The van der Waals surface area contributed by atoms with Crippen LogP contribution < -0.4 is 0 Å². The zero-order valence-corrected chi connectivity index (χ0v) is 14.1. The fourth-order valence-electron chi connectivity index (χ4n) is 3.27. The second-order valence-corrected chi connectivity index (χ2v) is 11.7. The van der Waals surface area contributed by atoms with E-state index in [-0.39, 0.29) is 0 Å². The van der Waals surface area contributed by atoms with E-state index < -0.39 is 44.6 Å². The van der Waals surface area contributed by atoms with Crippen LogP contribution in [0.15, 0.2) is 0 Å². The molecular weight excluding hydrogens is 323 g/mol. The maximum absolute atomic E-state index is 14.8. The summed E-state index contributed by atoms with van der Waals surface area (Å²) >= 11 is 0. The lowest BCUT2D eigenvalue weighted by Crippen LogP contribution is -2.57. The molecule has 2 aliphatic rings. The molecule has 0 N–H and O–H groups in total. The van der Waals surface area contributed by atoms with Crippen LogP contribution in [-0.4, -0.2) is 38.7 Å². The van der Waals surface area contributed by atoms with Gasteiger partial charge in [0.25, 0.3) is 12.1 Å². The second kappa shape index (κ2) is 6.01. The highest BCUT2D eigenvalue weighted by molar-refractivity contribution is 6.69. The normalized spacial score (nSPS) is 37.0. The van der Waals surface area contributed by atoms with Gasteiger partial charge in [-0.05, 0) is 38.4 Å². The first kappa shape index (κ1) is 18.1. The van der Waals surface area contributed by atoms with Gasteiger partial charge < -0.3 is 9.16 Å². The molecule has 0 bridgehead atoms. The third-order valence-corrected chi connectivity index (χ3v) is 5.27. The number of hydrogen-bond acceptors (Lipinski definition) is 2. The Kier molecular flexibility index (Phi) is 4.96. The molecule has 2 rings (SSSR count). The van der Waals surface area contributed by atoms with Crippen molar-refractivity contribution >= 4 is 8.32 Å². The van der Waals surface area contributed by atoms with Gasteiger partial charge >= 0.3 is 5.92 Å². The number of ether oxygens (including phenoxy) is 1. The van der Waals surface area contributed by atoms with Crippen molar-refractivity contribution < 1.29 is 31.1 Å². The van der Waals surface area contributed by atoms with Crippen LogP contribution in [0.2, 0.25) is 19.6 Å². The van der Waals surface area contributed by atoms with Crippen LogP contribution in [0, 0.1) is 5.92 Å². The zero-order chi connectivity index (χ0) is 16.8. The molecule has 0 aromatic heterocycles. The van der Waals surface area contributed by atoms with E-state index in [1.54, 1.807) is 19.6 Å². The molecule has 1 saturated heterocycles. The summed E-state index contributed by atoms with van der Waals surface area (Å²) in [4.78, 5) is 0. The van der Waals surface area contributed by atoms with Crippen LogP contribution in [0.4, 0.5) is 22.0 Å². The average Bonchev–Trinajstić information content (AvgIpc) is 2.60. The van der Waals surface area contributed by atoms with Gasteiger partial charge in [-0.3, -0.25) is 0 Å². The molecule has 22 heavy (non-hydrogen) atoms. The average molecular weight is 346 g/mol. The first-order valence-corrected chi connectivity index (χ1v) is 11.1. The fraction of sp³-hybridized carbons (Fsp3) is 1.00. The van der Waals surface area contributed by atoms with Crippen molar-refractivity contribution in [3.05, 3.63) is 0 Å². The topological polar surface area (TPSA) is 18.5 Å². The largest absolute Gasteiger partial charge is 0.389 e. The zero-order valence-electron chi connectivity index (χ0n) is 13.1. The summed E-state index contributed by atoms with van der Waals surface area (Å²) in [5, 5.41) is 0. The van der Waals surface area contributed by atoms with Crippen LogP contribution in [-0.2, 0) is 9.16 Å². The molecule has 1 saturated carbocycles. The van der Waals surface area contributed by atoms with Gasteiger partial charge in [0.2, 0.25) is 6.29 Å². The minimum absolute atomic E-state index is 0.429. The summed E-state index contributed by atoms with van der Waals surface area (Å²) in [5.41, 5.74) is -3.99. The number of hydrogen-bond donors (Lipinski definition) is 0. The number of alkyl halides is 5. The highest BCUT2D eigenvalue weighted by Gasteiger charge is 2.77. The highest BCUT2D eigenvalue weighted by Crippen LogP contribution is 2.54. The van der Waals surface area contributed by atoms with E-state index in [1.807, 2.05) is 0 Å². The third kappa shape index (κ3) is 3.06. The van der Waals surface area contributed by atoms with Gasteiger partial charge in [0.05, 0.1) is 0 Å². The summed E-state index contributed by atoms with van der Waals surface area (Å²) in [6.45, 7) is 4.88. The Morgan fingerprint density at radius 2 is 1.59 bits per heavy atom. The Morgan fingerprint density at radius 3 is 2.05 bits per heavy atom. The molecule has 0 aromatic rings. The van der Waals surface area contributed by atoms with E-state index >= 15 is 0 Å². The molecule has 0 spiro atoms. The van der Waals surface area contributed by atoms with Gasteiger partial charge in [-0.25, -0.2) is 13.2 Å². The molecule has 1 heterocycles. The lowest BCUT2D eigenvalue weighted by molar-refractivity contribution is -0.221. The van der Waals surface area contributed by atoms with Crippen molar-refractivity contribution in [1.82, 2.24) is 0 Å². The monoisotopic (exact) mass is 346 g/mol. The van der Waals surface area contributed by atoms with Crippen LogP contribution in [0.5, 0.6) is 0 Å². The Bertz CT molecular complexity index is 395.